The third-order valence-corrected chi connectivity index (χ3v) is 4.56. The molecule has 0 aliphatic rings. The molecule has 4 nitrogen and oxygen atoms in total. The van der Waals surface area contributed by atoms with E-state index in [2.05, 4.69) is 10.3 Å². The van der Waals surface area contributed by atoms with Gasteiger partial charge in [-0.05, 0) is 39.2 Å². The Hall–Kier alpha value is -0.590. The van der Waals surface area contributed by atoms with Crippen molar-refractivity contribution in [2.75, 3.05) is 12.0 Å². The van der Waals surface area contributed by atoms with Crippen molar-refractivity contribution in [1.82, 2.24) is 10.3 Å². The van der Waals surface area contributed by atoms with E-state index in [1.54, 1.807) is 23.1 Å². The van der Waals surface area contributed by atoms with Crippen LogP contribution in [-0.4, -0.2) is 28.9 Å². The van der Waals surface area contributed by atoms with Crippen LogP contribution in [-0.2, 0) is 4.79 Å². The molecule has 0 aliphatic heterocycles. The van der Waals surface area contributed by atoms with Crippen LogP contribution in [0.1, 0.15) is 35.0 Å². The lowest BCUT2D eigenvalue weighted by atomic mass is 10.2. The summed E-state index contributed by atoms with van der Waals surface area (Å²) in [5.74, 6) is 0.823. The molecule has 1 unspecified atom stereocenters. The maximum absolute atomic E-state index is 11.9. The lowest BCUT2D eigenvalue weighted by molar-refractivity contribution is -0.123. The number of carbonyl (C=O) groups excluding carboxylic acids is 1. The zero-order chi connectivity index (χ0) is 13.7. The van der Waals surface area contributed by atoms with Gasteiger partial charge in [0, 0.05) is 4.88 Å². The molecule has 0 fully saturated rings. The Balaban J connectivity index is 2.56. The molecular formula is C12H21N3OS2. The van der Waals surface area contributed by atoms with Gasteiger partial charge in [-0.1, -0.05) is 0 Å². The molecule has 1 heterocycles. The van der Waals surface area contributed by atoms with Crippen LogP contribution in [0.2, 0.25) is 0 Å². The first kappa shape index (κ1) is 15.5. The summed E-state index contributed by atoms with van der Waals surface area (Å²) in [6.07, 6.45) is 2.72. The Morgan fingerprint density at radius 2 is 2.22 bits per heavy atom. The highest BCUT2D eigenvalue weighted by molar-refractivity contribution is 7.98. The van der Waals surface area contributed by atoms with Gasteiger partial charge >= 0.3 is 0 Å². The van der Waals surface area contributed by atoms with Crippen molar-refractivity contribution in [3.8, 4) is 0 Å². The standard InChI is InChI=1S/C12H21N3OS2/c1-7-11(18-9(3)14-7)8(2)15-12(16)10(13)5-6-17-4/h8,10H,5-6,13H2,1-4H3,(H,15,16)/t8?,10-/m1/s1. The van der Waals surface area contributed by atoms with Crippen LogP contribution in [0.25, 0.3) is 0 Å². The van der Waals surface area contributed by atoms with Gasteiger partial charge < -0.3 is 11.1 Å². The molecule has 2 atom stereocenters. The largest absolute Gasteiger partial charge is 0.347 e. The van der Waals surface area contributed by atoms with E-state index in [0.29, 0.717) is 6.42 Å². The lowest BCUT2D eigenvalue weighted by Crippen LogP contribution is -2.41. The summed E-state index contributed by atoms with van der Waals surface area (Å²) in [5.41, 5.74) is 6.82. The predicted molar refractivity (Wildman–Crippen MR) is 79.1 cm³/mol. The molecule has 1 aromatic heterocycles. The van der Waals surface area contributed by atoms with Crippen molar-refractivity contribution in [1.29, 1.82) is 0 Å². The fourth-order valence-corrected chi connectivity index (χ4v) is 3.13. The lowest BCUT2D eigenvalue weighted by Gasteiger charge is -2.16. The van der Waals surface area contributed by atoms with Crippen LogP contribution in [0, 0.1) is 13.8 Å². The molecule has 6 heteroatoms. The van der Waals surface area contributed by atoms with E-state index in [0.717, 1.165) is 21.3 Å². The molecule has 0 bridgehead atoms. The van der Waals surface area contributed by atoms with E-state index in [-0.39, 0.29) is 11.9 Å². The van der Waals surface area contributed by atoms with E-state index < -0.39 is 6.04 Å². The van der Waals surface area contributed by atoms with Crippen LogP contribution in [0.15, 0.2) is 0 Å². The summed E-state index contributed by atoms with van der Waals surface area (Å²) in [4.78, 5) is 17.4. The number of nitrogens with zero attached hydrogens (tertiary/aromatic N) is 1. The fraction of sp³-hybridized carbons (Fsp3) is 0.667. The van der Waals surface area contributed by atoms with Crippen LogP contribution < -0.4 is 11.1 Å². The number of hydrogen-bond donors (Lipinski definition) is 2. The van der Waals surface area contributed by atoms with Crippen LogP contribution >= 0.6 is 23.1 Å². The van der Waals surface area contributed by atoms with E-state index in [9.17, 15) is 4.79 Å². The van der Waals surface area contributed by atoms with Crippen molar-refractivity contribution in [2.24, 2.45) is 5.73 Å². The second-order valence-corrected chi connectivity index (χ2v) is 6.52. The highest BCUT2D eigenvalue weighted by Gasteiger charge is 2.19. The summed E-state index contributed by atoms with van der Waals surface area (Å²) < 4.78 is 0. The van der Waals surface area contributed by atoms with Crippen LogP contribution in [0.5, 0.6) is 0 Å². The first-order valence-electron chi connectivity index (χ1n) is 5.94. The molecule has 102 valence electrons. The Labute approximate surface area is 117 Å². The van der Waals surface area contributed by atoms with Gasteiger partial charge in [0.25, 0.3) is 0 Å². The number of aryl methyl sites for hydroxylation is 2. The molecule has 18 heavy (non-hydrogen) atoms. The smallest absolute Gasteiger partial charge is 0.237 e. The maximum Gasteiger partial charge on any atom is 0.237 e. The third kappa shape index (κ3) is 4.26. The molecule has 0 radical (unpaired) electrons. The van der Waals surface area contributed by atoms with E-state index in [4.69, 9.17) is 5.73 Å². The summed E-state index contributed by atoms with van der Waals surface area (Å²) in [7, 11) is 0. The topological polar surface area (TPSA) is 68.0 Å². The quantitative estimate of drug-likeness (QED) is 0.840. The molecular weight excluding hydrogens is 266 g/mol. The molecule has 1 rings (SSSR count). The molecule has 0 saturated carbocycles. The summed E-state index contributed by atoms with van der Waals surface area (Å²) in [6, 6.07) is -0.446. The van der Waals surface area contributed by atoms with Crippen molar-refractivity contribution in [3.05, 3.63) is 15.6 Å². The third-order valence-electron chi connectivity index (χ3n) is 2.66. The van der Waals surface area contributed by atoms with Crippen molar-refractivity contribution in [2.45, 2.75) is 39.3 Å². The van der Waals surface area contributed by atoms with E-state index in [1.807, 2.05) is 27.0 Å². The zero-order valence-corrected chi connectivity index (χ0v) is 13.0. The molecule has 0 aromatic carbocycles. The van der Waals surface area contributed by atoms with Gasteiger partial charge in [0.1, 0.15) is 0 Å². The zero-order valence-electron chi connectivity index (χ0n) is 11.3. The number of rotatable bonds is 6. The number of thioether (sulfide) groups is 1. The predicted octanol–water partition coefficient (Wildman–Crippen LogP) is 2.02. The van der Waals surface area contributed by atoms with Gasteiger partial charge in [0.2, 0.25) is 5.91 Å². The second kappa shape index (κ2) is 7.11. The van der Waals surface area contributed by atoms with Crippen molar-refractivity contribution in [3.63, 3.8) is 0 Å². The molecule has 0 aliphatic carbocycles. The number of amides is 1. The SMILES string of the molecule is CSCC[C@@H](N)C(=O)NC(C)c1sc(C)nc1C. The number of thiazole rings is 1. The van der Waals surface area contributed by atoms with Crippen LogP contribution in [0.4, 0.5) is 0 Å². The molecule has 1 amide bonds. The number of aromatic nitrogens is 1. The minimum atomic E-state index is -0.422. The first-order chi connectivity index (χ1) is 8.45. The van der Waals surface area contributed by atoms with Gasteiger partial charge in [-0.25, -0.2) is 4.98 Å². The summed E-state index contributed by atoms with van der Waals surface area (Å²) in [5, 5.41) is 3.98. The van der Waals surface area contributed by atoms with Gasteiger partial charge in [0.05, 0.1) is 22.8 Å². The number of carbonyl (C=O) groups is 1. The fourth-order valence-electron chi connectivity index (χ4n) is 1.71. The van der Waals surface area contributed by atoms with Gasteiger partial charge in [-0.3, -0.25) is 4.79 Å². The number of nitrogens with two attached hydrogens (primary N) is 1. The molecule has 0 spiro atoms. The number of hydrogen-bond acceptors (Lipinski definition) is 5. The van der Waals surface area contributed by atoms with Gasteiger partial charge in [0.15, 0.2) is 0 Å². The Morgan fingerprint density at radius 1 is 1.56 bits per heavy atom. The molecule has 0 saturated heterocycles. The second-order valence-electron chi connectivity index (χ2n) is 4.30. The first-order valence-corrected chi connectivity index (χ1v) is 8.15. The average Bonchev–Trinajstić information content (AvgIpc) is 2.65. The van der Waals surface area contributed by atoms with Crippen LogP contribution in [0.3, 0.4) is 0 Å². The average molecular weight is 287 g/mol. The molecule has 3 N–H and O–H groups in total. The van der Waals surface area contributed by atoms with Crippen molar-refractivity contribution < 1.29 is 4.79 Å². The number of nitrogens with one attached hydrogen (secondary N) is 1. The summed E-state index contributed by atoms with van der Waals surface area (Å²) >= 11 is 3.32. The minimum absolute atomic E-state index is 0.0240. The van der Waals surface area contributed by atoms with E-state index >= 15 is 0 Å². The van der Waals surface area contributed by atoms with Crippen molar-refractivity contribution >= 4 is 29.0 Å². The Bertz CT molecular complexity index is 406. The Kier molecular flexibility index (Phi) is 6.11. The van der Waals surface area contributed by atoms with E-state index in [1.165, 1.54) is 0 Å². The normalized spacial score (nSPS) is 14.3. The van der Waals surface area contributed by atoms with Gasteiger partial charge in [-0.15, -0.1) is 11.3 Å². The highest BCUT2D eigenvalue weighted by Crippen LogP contribution is 2.24. The molecule has 1 aromatic rings. The monoisotopic (exact) mass is 287 g/mol. The summed E-state index contributed by atoms with van der Waals surface area (Å²) in [6.45, 7) is 5.91. The Morgan fingerprint density at radius 3 is 2.72 bits per heavy atom. The maximum atomic E-state index is 11.9. The highest BCUT2D eigenvalue weighted by atomic mass is 32.2. The minimum Gasteiger partial charge on any atom is -0.347 e. The van der Waals surface area contributed by atoms with Gasteiger partial charge in [-0.2, -0.15) is 11.8 Å².